The van der Waals surface area contributed by atoms with Gasteiger partial charge in [0.25, 0.3) is 0 Å². The lowest BCUT2D eigenvalue weighted by Crippen LogP contribution is -2.48. The molecule has 8 N–H and O–H groups in total. The van der Waals surface area contributed by atoms with E-state index >= 15 is 0 Å². The van der Waals surface area contributed by atoms with Crippen LogP contribution in [0, 0.1) is 0 Å². The molecule has 0 saturated heterocycles. The van der Waals surface area contributed by atoms with Crippen LogP contribution in [0.2, 0.25) is 0 Å². The highest BCUT2D eigenvalue weighted by molar-refractivity contribution is 5.75. The number of esters is 1. The number of hydrogen-bond donors (Lipinski definition) is 7. The Labute approximate surface area is 103 Å². The minimum atomic E-state index is -1.81. The van der Waals surface area contributed by atoms with Crippen molar-refractivity contribution in [2.45, 2.75) is 30.5 Å². The third kappa shape index (κ3) is 5.23. The Morgan fingerprint density at radius 2 is 1.50 bits per heavy atom. The summed E-state index contributed by atoms with van der Waals surface area (Å²) in [6.07, 6.45) is -6.92. The largest absolute Gasteiger partial charge is 0.462 e. The zero-order chi connectivity index (χ0) is 14.3. The van der Waals surface area contributed by atoms with Crippen molar-refractivity contribution in [3.8, 4) is 0 Å². The van der Waals surface area contributed by atoms with Crippen LogP contribution in [-0.2, 0) is 9.53 Å². The highest BCUT2D eigenvalue weighted by Gasteiger charge is 2.31. The van der Waals surface area contributed by atoms with Gasteiger partial charge < -0.3 is 41.1 Å². The number of aliphatic hydroxyl groups is 6. The lowest BCUT2D eigenvalue weighted by Gasteiger charge is -2.25. The van der Waals surface area contributed by atoms with Gasteiger partial charge in [0.1, 0.15) is 37.1 Å². The Balaban J connectivity index is 4.16. The lowest BCUT2D eigenvalue weighted by molar-refractivity contribution is -0.158. The van der Waals surface area contributed by atoms with Gasteiger partial charge in [-0.2, -0.15) is 0 Å². The van der Waals surface area contributed by atoms with Gasteiger partial charge in [-0.3, -0.25) is 4.79 Å². The van der Waals surface area contributed by atoms with Crippen LogP contribution in [-0.4, -0.2) is 86.9 Å². The second-order valence-corrected chi connectivity index (χ2v) is 3.72. The first-order valence-corrected chi connectivity index (χ1v) is 5.21. The molecular weight excluding hydrogens is 250 g/mol. The summed E-state index contributed by atoms with van der Waals surface area (Å²) >= 11 is 0. The monoisotopic (exact) mass is 269 g/mol. The number of carbonyl (C=O) groups excluding carboxylic acids is 1. The summed E-state index contributed by atoms with van der Waals surface area (Å²) in [5.41, 5.74) is 5.12. The molecule has 0 aliphatic heterocycles. The van der Waals surface area contributed by atoms with Crippen LogP contribution >= 0.6 is 0 Å². The fourth-order valence-corrected chi connectivity index (χ4v) is 1.01. The van der Waals surface area contributed by atoms with E-state index in [9.17, 15) is 20.1 Å². The molecule has 0 aromatic carbocycles. The first kappa shape index (κ1) is 17.2. The first-order chi connectivity index (χ1) is 8.34. The Morgan fingerprint density at radius 1 is 1.00 bits per heavy atom. The summed E-state index contributed by atoms with van der Waals surface area (Å²) in [5.74, 6) is -0.985. The van der Waals surface area contributed by atoms with Gasteiger partial charge in [-0.1, -0.05) is 0 Å². The third-order valence-electron chi connectivity index (χ3n) is 2.22. The van der Waals surface area contributed by atoms with E-state index < -0.39 is 56.2 Å². The van der Waals surface area contributed by atoms with Gasteiger partial charge in [-0.15, -0.1) is 0 Å². The van der Waals surface area contributed by atoms with Crippen molar-refractivity contribution in [1.82, 2.24) is 0 Å². The molecule has 0 radical (unpaired) electrons. The lowest BCUT2D eigenvalue weighted by atomic mass is 10.0. The van der Waals surface area contributed by atoms with E-state index in [0.29, 0.717) is 0 Å². The molecule has 0 aliphatic rings. The summed E-state index contributed by atoms with van der Waals surface area (Å²) in [6.45, 7) is -2.12. The van der Waals surface area contributed by atoms with Gasteiger partial charge in [0.15, 0.2) is 0 Å². The van der Waals surface area contributed by atoms with Crippen LogP contribution in [0.1, 0.15) is 0 Å². The number of ether oxygens (including phenoxy) is 1. The van der Waals surface area contributed by atoms with Gasteiger partial charge in [-0.25, -0.2) is 0 Å². The van der Waals surface area contributed by atoms with Crippen molar-refractivity contribution >= 4 is 5.97 Å². The normalized spacial score (nSPS) is 19.7. The molecule has 0 unspecified atom stereocenters. The highest BCUT2D eigenvalue weighted by atomic mass is 16.5. The second kappa shape index (κ2) is 8.32. The Bertz CT molecular complexity index is 251. The average Bonchev–Trinajstić information content (AvgIpc) is 2.40. The summed E-state index contributed by atoms with van der Waals surface area (Å²) in [6, 6.07) is -1.26. The number of hydrogen-bond acceptors (Lipinski definition) is 9. The van der Waals surface area contributed by atoms with Crippen molar-refractivity contribution in [2.24, 2.45) is 5.73 Å². The number of nitrogens with two attached hydrogens (primary N) is 1. The molecule has 0 bridgehead atoms. The standard InChI is InChI=1S/C9H19NO8/c10-4(1-11)9(17)18-3-6(14)8(16)7(15)5(13)2-12/h4-8,11-16H,1-3,10H2/t4-,5+,6+,7+,8+/m0/s1. The van der Waals surface area contributed by atoms with Crippen molar-refractivity contribution in [2.75, 3.05) is 19.8 Å². The molecule has 0 amide bonds. The first-order valence-electron chi connectivity index (χ1n) is 5.21. The van der Waals surface area contributed by atoms with E-state index in [-0.39, 0.29) is 0 Å². The Morgan fingerprint density at radius 3 is 1.94 bits per heavy atom. The molecule has 0 aromatic rings. The molecular formula is C9H19NO8. The van der Waals surface area contributed by atoms with E-state index in [0.717, 1.165) is 0 Å². The molecule has 0 saturated carbocycles. The third-order valence-corrected chi connectivity index (χ3v) is 2.22. The SMILES string of the molecule is N[C@@H](CO)C(=O)OC[C@@H](O)[C@@H](O)[C@H](O)[C@H](O)CO. The number of aliphatic hydroxyl groups excluding tert-OH is 6. The summed E-state index contributed by atoms with van der Waals surface area (Å²) < 4.78 is 4.45. The molecule has 0 heterocycles. The smallest absolute Gasteiger partial charge is 0.325 e. The van der Waals surface area contributed by atoms with Crippen molar-refractivity contribution in [1.29, 1.82) is 0 Å². The van der Waals surface area contributed by atoms with Gasteiger partial charge in [-0.05, 0) is 0 Å². The maximum atomic E-state index is 11.0. The van der Waals surface area contributed by atoms with E-state index in [1.54, 1.807) is 0 Å². The van der Waals surface area contributed by atoms with Gasteiger partial charge in [0.2, 0.25) is 0 Å². The van der Waals surface area contributed by atoms with Crippen molar-refractivity contribution < 1.29 is 40.2 Å². The van der Waals surface area contributed by atoms with Crippen LogP contribution in [0.15, 0.2) is 0 Å². The van der Waals surface area contributed by atoms with Crippen molar-refractivity contribution in [3.05, 3.63) is 0 Å². The fraction of sp³-hybridized carbons (Fsp3) is 0.889. The van der Waals surface area contributed by atoms with Gasteiger partial charge in [0, 0.05) is 0 Å². The summed E-state index contributed by atoms with van der Waals surface area (Å²) in [4.78, 5) is 11.0. The fourth-order valence-electron chi connectivity index (χ4n) is 1.01. The van der Waals surface area contributed by atoms with Crippen LogP contribution < -0.4 is 5.73 Å². The molecule has 0 rings (SSSR count). The molecule has 108 valence electrons. The van der Waals surface area contributed by atoms with Gasteiger partial charge >= 0.3 is 5.97 Å². The molecule has 0 aromatic heterocycles. The van der Waals surface area contributed by atoms with Crippen LogP contribution in [0.5, 0.6) is 0 Å². The maximum absolute atomic E-state index is 11.0. The van der Waals surface area contributed by atoms with E-state index in [1.165, 1.54) is 0 Å². The van der Waals surface area contributed by atoms with E-state index in [1.807, 2.05) is 0 Å². The minimum absolute atomic E-state index is 0.636. The molecule has 9 heteroatoms. The molecule has 9 nitrogen and oxygen atoms in total. The molecule has 0 spiro atoms. The summed E-state index contributed by atoms with van der Waals surface area (Å²) in [7, 11) is 0. The quantitative estimate of drug-likeness (QED) is 0.213. The number of carbonyl (C=O) groups is 1. The predicted octanol–water partition coefficient (Wildman–Crippen LogP) is -4.71. The van der Waals surface area contributed by atoms with E-state index in [2.05, 4.69) is 4.74 Å². The highest BCUT2D eigenvalue weighted by Crippen LogP contribution is 2.05. The Kier molecular flexibility index (Phi) is 7.95. The second-order valence-electron chi connectivity index (χ2n) is 3.72. The number of rotatable bonds is 8. The molecule has 5 atom stereocenters. The average molecular weight is 269 g/mol. The Hall–Kier alpha value is -0.810. The summed E-state index contributed by atoms with van der Waals surface area (Å²) in [5, 5.41) is 54.0. The zero-order valence-electron chi connectivity index (χ0n) is 9.59. The molecule has 0 aliphatic carbocycles. The van der Waals surface area contributed by atoms with Crippen LogP contribution in [0.3, 0.4) is 0 Å². The van der Waals surface area contributed by atoms with Crippen molar-refractivity contribution in [3.63, 3.8) is 0 Å². The predicted molar refractivity (Wildman–Crippen MR) is 57.1 cm³/mol. The van der Waals surface area contributed by atoms with Gasteiger partial charge in [0.05, 0.1) is 13.2 Å². The molecule has 18 heavy (non-hydrogen) atoms. The minimum Gasteiger partial charge on any atom is -0.462 e. The molecule has 0 fully saturated rings. The van der Waals surface area contributed by atoms with Crippen LogP contribution in [0.4, 0.5) is 0 Å². The van der Waals surface area contributed by atoms with Crippen LogP contribution in [0.25, 0.3) is 0 Å². The zero-order valence-corrected chi connectivity index (χ0v) is 9.59. The van der Waals surface area contributed by atoms with E-state index in [4.69, 9.17) is 21.1 Å². The maximum Gasteiger partial charge on any atom is 0.325 e. The topological polar surface area (TPSA) is 174 Å².